The van der Waals surface area contributed by atoms with Gasteiger partial charge in [-0.25, -0.2) is 0 Å². The third-order valence-corrected chi connectivity index (χ3v) is 3.01. The summed E-state index contributed by atoms with van der Waals surface area (Å²) in [4.78, 5) is 15.9. The van der Waals surface area contributed by atoms with Gasteiger partial charge in [-0.3, -0.25) is 9.79 Å². The summed E-state index contributed by atoms with van der Waals surface area (Å²) in [6.45, 7) is 4.31. The lowest BCUT2D eigenvalue weighted by Crippen LogP contribution is -2.47. The number of rotatable bonds is 4. The van der Waals surface area contributed by atoms with Crippen molar-refractivity contribution >= 4 is 11.9 Å². The molecule has 0 aromatic heterocycles. The molecule has 17 heavy (non-hydrogen) atoms. The lowest BCUT2D eigenvalue weighted by Gasteiger charge is -2.20. The molecule has 0 aromatic carbocycles. The molecule has 4 N–H and O–H groups in total. The van der Waals surface area contributed by atoms with E-state index in [1.54, 1.807) is 6.92 Å². The molecule has 1 atom stereocenters. The minimum absolute atomic E-state index is 0.0469. The summed E-state index contributed by atoms with van der Waals surface area (Å²) < 4.78 is 0. The maximum Gasteiger partial charge on any atom is 0.242 e. The van der Waals surface area contributed by atoms with Gasteiger partial charge in [0.1, 0.15) is 6.04 Å². The summed E-state index contributed by atoms with van der Waals surface area (Å²) in [5.74, 6) is 0.338. The Hall–Kier alpha value is -1.26. The zero-order valence-corrected chi connectivity index (χ0v) is 10.8. The molecule has 0 saturated heterocycles. The number of carbonyl (C=O) groups is 1. The Morgan fingerprint density at radius 1 is 1.41 bits per heavy atom. The minimum atomic E-state index is -0.331. The van der Waals surface area contributed by atoms with Crippen LogP contribution in [-0.4, -0.2) is 30.5 Å². The van der Waals surface area contributed by atoms with Gasteiger partial charge in [0.15, 0.2) is 5.96 Å². The third kappa shape index (κ3) is 5.06. The van der Waals surface area contributed by atoms with Crippen LogP contribution in [0.3, 0.4) is 0 Å². The SMILES string of the molecule is CCNC(=O)C(C)NC(N)=NC1CCCCC1. The second-order valence-electron chi connectivity index (χ2n) is 4.57. The lowest BCUT2D eigenvalue weighted by molar-refractivity contribution is -0.122. The van der Waals surface area contributed by atoms with Crippen LogP contribution in [0.15, 0.2) is 4.99 Å². The molecule has 1 fully saturated rings. The average molecular weight is 240 g/mol. The van der Waals surface area contributed by atoms with E-state index in [-0.39, 0.29) is 11.9 Å². The Bertz CT molecular complexity index is 272. The molecule has 0 radical (unpaired) electrons. The van der Waals surface area contributed by atoms with E-state index in [0.29, 0.717) is 18.5 Å². The number of nitrogens with one attached hydrogen (secondary N) is 2. The first-order valence-corrected chi connectivity index (χ1v) is 6.51. The largest absolute Gasteiger partial charge is 0.370 e. The highest BCUT2D eigenvalue weighted by Gasteiger charge is 2.15. The van der Waals surface area contributed by atoms with Gasteiger partial charge in [0.2, 0.25) is 5.91 Å². The monoisotopic (exact) mass is 240 g/mol. The van der Waals surface area contributed by atoms with Crippen molar-refractivity contribution in [2.45, 2.75) is 58.0 Å². The number of nitrogens with zero attached hydrogens (tertiary/aromatic N) is 1. The molecule has 0 aliphatic heterocycles. The Labute approximate surface area is 103 Å². The average Bonchev–Trinajstić information content (AvgIpc) is 2.30. The van der Waals surface area contributed by atoms with Gasteiger partial charge in [-0.2, -0.15) is 0 Å². The first kappa shape index (κ1) is 13.8. The number of likely N-dealkylation sites (N-methyl/N-ethyl adjacent to an activating group) is 1. The van der Waals surface area contributed by atoms with Crippen LogP contribution < -0.4 is 16.4 Å². The van der Waals surface area contributed by atoms with E-state index in [9.17, 15) is 4.79 Å². The molecule has 5 nitrogen and oxygen atoms in total. The normalized spacial score (nSPS) is 19.8. The van der Waals surface area contributed by atoms with Crippen molar-refractivity contribution in [1.29, 1.82) is 0 Å². The van der Waals surface area contributed by atoms with Crippen LogP contribution in [0.25, 0.3) is 0 Å². The highest BCUT2D eigenvalue weighted by Crippen LogP contribution is 2.19. The zero-order valence-electron chi connectivity index (χ0n) is 10.8. The topological polar surface area (TPSA) is 79.5 Å². The van der Waals surface area contributed by atoms with Gasteiger partial charge in [-0.1, -0.05) is 19.3 Å². The van der Waals surface area contributed by atoms with Crippen molar-refractivity contribution in [3.05, 3.63) is 0 Å². The number of nitrogens with two attached hydrogens (primary N) is 1. The van der Waals surface area contributed by atoms with Crippen molar-refractivity contribution in [2.75, 3.05) is 6.54 Å². The van der Waals surface area contributed by atoms with E-state index in [2.05, 4.69) is 15.6 Å². The number of carbonyl (C=O) groups excluding carboxylic acids is 1. The van der Waals surface area contributed by atoms with Crippen molar-refractivity contribution in [3.63, 3.8) is 0 Å². The fourth-order valence-electron chi connectivity index (χ4n) is 2.06. The molecular weight excluding hydrogens is 216 g/mol. The predicted octanol–water partition coefficient (Wildman–Crippen LogP) is 0.748. The smallest absolute Gasteiger partial charge is 0.242 e. The summed E-state index contributed by atoms with van der Waals surface area (Å²) in [7, 11) is 0. The van der Waals surface area contributed by atoms with Crippen LogP contribution in [0.1, 0.15) is 46.0 Å². The first-order chi connectivity index (χ1) is 8.13. The lowest BCUT2D eigenvalue weighted by atomic mass is 9.96. The van der Waals surface area contributed by atoms with Gasteiger partial charge in [-0.15, -0.1) is 0 Å². The fraction of sp³-hybridized carbons (Fsp3) is 0.833. The second-order valence-corrected chi connectivity index (χ2v) is 4.57. The van der Waals surface area contributed by atoms with Crippen LogP contribution in [0, 0.1) is 0 Å². The van der Waals surface area contributed by atoms with E-state index >= 15 is 0 Å². The molecule has 1 rings (SSSR count). The summed E-state index contributed by atoms with van der Waals surface area (Å²) >= 11 is 0. The van der Waals surface area contributed by atoms with Gasteiger partial charge >= 0.3 is 0 Å². The Morgan fingerprint density at radius 3 is 2.65 bits per heavy atom. The third-order valence-electron chi connectivity index (χ3n) is 3.01. The number of hydrogen-bond acceptors (Lipinski definition) is 2. The summed E-state index contributed by atoms with van der Waals surface area (Å²) in [5.41, 5.74) is 5.80. The Balaban J connectivity index is 2.38. The summed E-state index contributed by atoms with van der Waals surface area (Å²) in [6.07, 6.45) is 5.98. The van der Waals surface area contributed by atoms with Gasteiger partial charge in [-0.05, 0) is 26.7 Å². The molecule has 1 aliphatic rings. The Morgan fingerprint density at radius 2 is 2.06 bits per heavy atom. The maximum absolute atomic E-state index is 11.5. The van der Waals surface area contributed by atoms with E-state index in [0.717, 1.165) is 12.8 Å². The van der Waals surface area contributed by atoms with E-state index in [1.807, 2.05) is 6.92 Å². The molecule has 0 aromatic rings. The highest BCUT2D eigenvalue weighted by atomic mass is 16.2. The quantitative estimate of drug-likeness (QED) is 0.501. The van der Waals surface area contributed by atoms with Crippen LogP contribution in [0.2, 0.25) is 0 Å². The molecular formula is C12H24N4O. The standard InChI is InChI=1S/C12H24N4O/c1-3-14-11(17)9(2)15-12(13)16-10-7-5-4-6-8-10/h9-10H,3-8H2,1-2H3,(H,14,17)(H3,13,15,16). The van der Waals surface area contributed by atoms with E-state index < -0.39 is 0 Å². The minimum Gasteiger partial charge on any atom is -0.370 e. The molecule has 5 heteroatoms. The van der Waals surface area contributed by atoms with Crippen LogP contribution >= 0.6 is 0 Å². The van der Waals surface area contributed by atoms with Crippen LogP contribution in [-0.2, 0) is 4.79 Å². The van der Waals surface area contributed by atoms with Crippen molar-refractivity contribution < 1.29 is 4.79 Å². The number of hydrogen-bond donors (Lipinski definition) is 3. The maximum atomic E-state index is 11.5. The molecule has 1 saturated carbocycles. The molecule has 1 amide bonds. The summed E-state index contributed by atoms with van der Waals surface area (Å²) in [5, 5.41) is 5.67. The van der Waals surface area contributed by atoms with Gasteiger partial charge < -0.3 is 16.4 Å². The first-order valence-electron chi connectivity index (χ1n) is 6.51. The predicted molar refractivity (Wildman–Crippen MR) is 69.8 cm³/mol. The molecule has 0 spiro atoms. The number of amides is 1. The van der Waals surface area contributed by atoms with Crippen molar-refractivity contribution in [2.24, 2.45) is 10.7 Å². The second kappa shape index (κ2) is 7.14. The summed E-state index contributed by atoms with van der Waals surface area (Å²) in [6, 6.07) is -0.0000214. The van der Waals surface area contributed by atoms with Crippen molar-refractivity contribution in [3.8, 4) is 0 Å². The van der Waals surface area contributed by atoms with E-state index in [1.165, 1.54) is 19.3 Å². The Kier molecular flexibility index (Phi) is 5.80. The van der Waals surface area contributed by atoms with Crippen molar-refractivity contribution in [1.82, 2.24) is 10.6 Å². The van der Waals surface area contributed by atoms with Gasteiger partial charge in [0.25, 0.3) is 0 Å². The molecule has 1 unspecified atom stereocenters. The molecule has 0 bridgehead atoms. The molecule has 0 heterocycles. The van der Waals surface area contributed by atoms with Gasteiger partial charge in [0.05, 0.1) is 6.04 Å². The highest BCUT2D eigenvalue weighted by molar-refractivity contribution is 5.87. The van der Waals surface area contributed by atoms with E-state index in [4.69, 9.17) is 5.73 Å². The molecule has 1 aliphatic carbocycles. The number of aliphatic imine (C=N–C) groups is 1. The van der Waals surface area contributed by atoms with Crippen LogP contribution in [0.4, 0.5) is 0 Å². The fourth-order valence-corrected chi connectivity index (χ4v) is 2.06. The molecule has 98 valence electrons. The zero-order chi connectivity index (χ0) is 12.7. The van der Waals surface area contributed by atoms with Gasteiger partial charge in [0, 0.05) is 6.54 Å². The van der Waals surface area contributed by atoms with Crippen LogP contribution in [0.5, 0.6) is 0 Å². The number of guanidine groups is 1.